The van der Waals surface area contributed by atoms with Crippen molar-refractivity contribution in [3.05, 3.63) is 59.7 Å². The van der Waals surface area contributed by atoms with Crippen molar-refractivity contribution < 1.29 is 24.2 Å². The van der Waals surface area contributed by atoms with E-state index in [0.29, 0.717) is 32.2 Å². The number of amides is 2. The van der Waals surface area contributed by atoms with E-state index in [1.807, 2.05) is 24.3 Å². The van der Waals surface area contributed by atoms with Gasteiger partial charge in [0.15, 0.2) is 0 Å². The highest BCUT2D eigenvalue weighted by atomic mass is 16.5. The Balaban J connectivity index is 1.19. The van der Waals surface area contributed by atoms with Crippen molar-refractivity contribution in [2.45, 2.75) is 62.9 Å². The summed E-state index contributed by atoms with van der Waals surface area (Å²) in [5.41, 5.74) is 3.56. The van der Waals surface area contributed by atoms with Gasteiger partial charge in [0.25, 0.3) is 0 Å². The molecule has 184 valence electrons. The zero-order valence-electron chi connectivity index (χ0n) is 20.0. The number of carbonyl (C=O) groups is 3. The van der Waals surface area contributed by atoms with Crippen LogP contribution in [0.15, 0.2) is 48.5 Å². The van der Waals surface area contributed by atoms with Crippen molar-refractivity contribution in [1.29, 1.82) is 0 Å². The largest absolute Gasteiger partial charge is 0.480 e. The Bertz CT molecular complexity index is 1100. The number of carbonyl (C=O) groups excluding carboxylic acids is 2. The first kappa shape index (κ1) is 23.4. The molecule has 1 aliphatic heterocycles. The van der Waals surface area contributed by atoms with Crippen LogP contribution < -0.4 is 5.32 Å². The van der Waals surface area contributed by atoms with E-state index in [1.165, 1.54) is 16.0 Å². The van der Waals surface area contributed by atoms with E-state index in [0.717, 1.165) is 24.0 Å². The Labute approximate surface area is 205 Å². The van der Waals surface area contributed by atoms with Gasteiger partial charge in [0.05, 0.1) is 0 Å². The third-order valence-corrected chi connectivity index (χ3v) is 8.06. The molecule has 0 bridgehead atoms. The van der Waals surface area contributed by atoms with Crippen LogP contribution in [0.3, 0.4) is 0 Å². The predicted octanol–water partition coefficient (Wildman–Crippen LogP) is 4.55. The highest BCUT2D eigenvalue weighted by Crippen LogP contribution is 2.44. The molecule has 2 aromatic carbocycles. The Kier molecular flexibility index (Phi) is 6.26. The number of fused-ring (bicyclic) bond motifs is 3. The standard InChI is InChI=1S/C28H32N2O5/c1-28(26(32)33)14-7-15-30(28)25(31)18-8-6-9-19(16-18)29-27(34)35-17-24-22-12-4-2-10-20(22)21-11-3-5-13-23(21)24/h2-5,10-13,18-19,24H,6-9,14-17H2,1H3,(H,29,34)(H,32,33)/t18-,19+,28-/m1/s1. The topological polar surface area (TPSA) is 95.9 Å². The summed E-state index contributed by atoms with van der Waals surface area (Å²) in [6, 6.07) is 16.3. The Morgan fingerprint density at radius 3 is 2.34 bits per heavy atom. The van der Waals surface area contributed by atoms with Gasteiger partial charge in [-0.2, -0.15) is 0 Å². The van der Waals surface area contributed by atoms with Crippen molar-refractivity contribution in [3.63, 3.8) is 0 Å². The minimum Gasteiger partial charge on any atom is -0.480 e. The van der Waals surface area contributed by atoms with E-state index < -0.39 is 17.6 Å². The second kappa shape index (κ2) is 9.36. The maximum Gasteiger partial charge on any atom is 0.407 e. The van der Waals surface area contributed by atoms with Crippen molar-refractivity contribution in [2.24, 2.45) is 5.92 Å². The van der Waals surface area contributed by atoms with Gasteiger partial charge in [0, 0.05) is 24.4 Å². The summed E-state index contributed by atoms with van der Waals surface area (Å²) in [4.78, 5) is 39.3. The van der Waals surface area contributed by atoms with Crippen LogP contribution in [-0.4, -0.2) is 52.7 Å². The van der Waals surface area contributed by atoms with Gasteiger partial charge in [-0.25, -0.2) is 9.59 Å². The number of carboxylic acid groups (broad SMARTS) is 1. The van der Waals surface area contributed by atoms with Gasteiger partial charge >= 0.3 is 12.1 Å². The molecule has 7 nitrogen and oxygen atoms in total. The molecule has 5 rings (SSSR count). The molecule has 35 heavy (non-hydrogen) atoms. The number of carboxylic acids is 1. The van der Waals surface area contributed by atoms with Crippen LogP contribution >= 0.6 is 0 Å². The zero-order chi connectivity index (χ0) is 24.6. The molecule has 3 aliphatic rings. The third kappa shape index (κ3) is 4.28. The lowest BCUT2D eigenvalue weighted by atomic mass is 9.84. The molecule has 1 saturated heterocycles. The zero-order valence-corrected chi connectivity index (χ0v) is 20.0. The molecule has 1 heterocycles. The molecular formula is C28H32N2O5. The number of nitrogens with one attached hydrogen (secondary N) is 1. The normalized spacial score (nSPS) is 25.6. The predicted molar refractivity (Wildman–Crippen MR) is 131 cm³/mol. The molecule has 0 aromatic heterocycles. The highest BCUT2D eigenvalue weighted by Gasteiger charge is 2.47. The van der Waals surface area contributed by atoms with Gasteiger partial charge in [0.2, 0.25) is 5.91 Å². The Hall–Kier alpha value is -3.35. The molecule has 2 aliphatic carbocycles. The van der Waals surface area contributed by atoms with Crippen LogP contribution in [0.5, 0.6) is 0 Å². The number of ether oxygens (including phenoxy) is 1. The molecule has 2 aromatic rings. The lowest BCUT2D eigenvalue weighted by Gasteiger charge is -2.36. The van der Waals surface area contributed by atoms with Gasteiger partial charge in [-0.15, -0.1) is 0 Å². The Morgan fingerprint density at radius 2 is 1.69 bits per heavy atom. The fourth-order valence-corrected chi connectivity index (χ4v) is 6.11. The molecule has 2 fully saturated rings. The number of hydrogen-bond acceptors (Lipinski definition) is 4. The van der Waals surface area contributed by atoms with Crippen molar-refractivity contribution >= 4 is 18.0 Å². The Morgan fingerprint density at radius 1 is 1.03 bits per heavy atom. The fraction of sp³-hybridized carbons (Fsp3) is 0.464. The van der Waals surface area contributed by atoms with Crippen LogP contribution in [0.4, 0.5) is 4.79 Å². The maximum absolute atomic E-state index is 13.2. The number of rotatable bonds is 5. The molecule has 3 atom stereocenters. The van der Waals surface area contributed by atoms with Crippen molar-refractivity contribution in [1.82, 2.24) is 10.2 Å². The van der Waals surface area contributed by atoms with Crippen molar-refractivity contribution in [2.75, 3.05) is 13.2 Å². The molecule has 0 unspecified atom stereocenters. The molecule has 0 spiro atoms. The summed E-state index contributed by atoms with van der Waals surface area (Å²) in [5, 5.41) is 12.6. The first-order chi connectivity index (χ1) is 16.9. The summed E-state index contributed by atoms with van der Waals surface area (Å²) in [6.45, 7) is 2.36. The average Bonchev–Trinajstić information content (AvgIpc) is 3.41. The first-order valence-electron chi connectivity index (χ1n) is 12.5. The van der Waals surface area contributed by atoms with Gasteiger partial charge in [-0.1, -0.05) is 55.0 Å². The van der Waals surface area contributed by atoms with E-state index in [2.05, 4.69) is 29.6 Å². The van der Waals surface area contributed by atoms with E-state index in [1.54, 1.807) is 6.92 Å². The van der Waals surface area contributed by atoms with E-state index in [4.69, 9.17) is 4.74 Å². The molecule has 2 amide bonds. The first-order valence-corrected chi connectivity index (χ1v) is 12.5. The molecule has 0 radical (unpaired) electrons. The number of nitrogens with zero attached hydrogens (tertiary/aromatic N) is 1. The second-order valence-electron chi connectivity index (χ2n) is 10.2. The van der Waals surface area contributed by atoms with Crippen LogP contribution in [0, 0.1) is 5.92 Å². The average molecular weight is 477 g/mol. The SMILES string of the molecule is C[C@]1(C(=O)O)CCCN1C(=O)[C@@H]1CCC[C@H](NC(=O)OCC2c3ccccc3-c3ccccc32)C1. The lowest BCUT2D eigenvalue weighted by molar-refractivity contribution is -0.157. The lowest BCUT2D eigenvalue weighted by Crippen LogP contribution is -2.53. The molecule has 7 heteroatoms. The number of hydrogen-bond donors (Lipinski definition) is 2. The van der Waals surface area contributed by atoms with Gasteiger partial charge in [-0.05, 0) is 61.3 Å². The smallest absolute Gasteiger partial charge is 0.407 e. The van der Waals surface area contributed by atoms with Crippen LogP contribution in [0.1, 0.15) is 62.5 Å². The van der Waals surface area contributed by atoms with E-state index in [9.17, 15) is 19.5 Å². The monoisotopic (exact) mass is 476 g/mol. The van der Waals surface area contributed by atoms with Crippen LogP contribution in [-0.2, 0) is 14.3 Å². The summed E-state index contributed by atoms with van der Waals surface area (Å²) in [5.74, 6) is -1.34. The number of alkyl carbamates (subject to hydrolysis) is 1. The van der Waals surface area contributed by atoms with E-state index >= 15 is 0 Å². The van der Waals surface area contributed by atoms with Crippen molar-refractivity contribution in [3.8, 4) is 11.1 Å². The van der Waals surface area contributed by atoms with Gasteiger partial charge in [0.1, 0.15) is 12.1 Å². The summed E-state index contributed by atoms with van der Waals surface area (Å²) >= 11 is 0. The molecule has 1 saturated carbocycles. The molecular weight excluding hydrogens is 444 g/mol. The van der Waals surface area contributed by atoms with Crippen LogP contribution in [0.25, 0.3) is 11.1 Å². The maximum atomic E-state index is 13.2. The minimum absolute atomic E-state index is 0.00213. The number of benzene rings is 2. The fourth-order valence-electron chi connectivity index (χ4n) is 6.11. The number of likely N-dealkylation sites (tertiary alicyclic amines) is 1. The summed E-state index contributed by atoms with van der Waals surface area (Å²) < 4.78 is 5.68. The quantitative estimate of drug-likeness (QED) is 0.660. The van der Waals surface area contributed by atoms with Gasteiger partial charge in [-0.3, -0.25) is 4.79 Å². The molecule has 2 N–H and O–H groups in total. The summed E-state index contributed by atoms with van der Waals surface area (Å²) in [7, 11) is 0. The highest BCUT2D eigenvalue weighted by molar-refractivity contribution is 5.88. The minimum atomic E-state index is -1.13. The third-order valence-electron chi connectivity index (χ3n) is 8.06. The van der Waals surface area contributed by atoms with Crippen LogP contribution in [0.2, 0.25) is 0 Å². The van der Waals surface area contributed by atoms with Gasteiger partial charge < -0.3 is 20.1 Å². The second-order valence-corrected chi connectivity index (χ2v) is 10.2. The number of aliphatic carboxylic acids is 1. The summed E-state index contributed by atoms with van der Waals surface area (Å²) in [6.07, 6.45) is 3.52. The van der Waals surface area contributed by atoms with E-state index in [-0.39, 0.29) is 30.4 Å².